The van der Waals surface area contributed by atoms with E-state index >= 15 is 0 Å². The number of nitrogens with one attached hydrogen (secondary N) is 2. The number of imidazole rings is 1. The molecule has 7 heteroatoms. The number of aromatic amines is 1. The number of nitrogens with zero attached hydrogens (tertiary/aromatic N) is 2. The van der Waals surface area contributed by atoms with Crippen LogP contribution in [0, 0.1) is 6.92 Å². The molecule has 4 rings (SSSR count). The van der Waals surface area contributed by atoms with Crippen molar-refractivity contribution in [3.8, 4) is 11.3 Å². The molecule has 136 valence electrons. The number of anilines is 1. The van der Waals surface area contributed by atoms with E-state index in [0.29, 0.717) is 13.1 Å². The van der Waals surface area contributed by atoms with Crippen molar-refractivity contribution in [2.75, 3.05) is 18.0 Å². The van der Waals surface area contributed by atoms with Gasteiger partial charge in [-0.3, -0.25) is 9.69 Å². The lowest BCUT2D eigenvalue weighted by Crippen LogP contribution is -2.33. The first-order chi connectivity index (χ1) is 12.5. The van der Waals surface area contributed by atoms with Gasteiger partial charge >= 0.3 is 6.09 Å². The van der Waals surface area contributed by atoms with Gasteiger partial charge in [0.15, 0.2) is 0 Å². The number of carbonyl (C=O) groups excluding carboxylic acids is 2. The van der Waals surface area contributed by atoms with Crippen molar-refractivity contribution < 1.29 is 14.3 Å². The van der Waals surface area contributed by atoms with E-state index in [-0.39, 0.29) is 18.1 Å². The van der Waals surface area contributed by atoms with Gasteiger partial charge in [0, 0.05) is 23.9 Å². The second kappa shape index (κ2) is 6.48. The van der Waals surface area contributed by atoms with Gasteiger partial charge in [0.05, 0.1) is 18.8 Å². The summed E-state index contributed by atoms with van der Waals surface area (Å²) < 4.78 is 5.36. The number of aryl methyl sites for hydroxylation is 3. The normalized spacial score (nSPS) is 18.8. The van der Waals surface area contributed by atoms with Gasteiger partial charge in [-0.05, 0) is 43.9 Å². The highest BCUT2D eigenvalue weighted by atomic mass is 16.6. The molecule has 1 saturated heterocycles. The zero-order valence-electron chi connectivity index (χ0n) is 15.0. The van der Waals surface area contributed by atoms with Crippen LogP contribution in [0.25, 0.3) is 11.3 Å². The van der Waals surface area contributed by atoms with Crippen molar-refractivity contribution in [2.45, 2.75) is 39.2 Å². The van der Waals surface area contributed by atoms with Gasteiger partial charge in [0.25, 0.3) is 0 Å². The predicted molar refractivity (Wildman–Crippen MR) is 97.1 cm³/mol. The highest BCUT2D eigenvalue weighted by Gasteiger charge is 2.33. The molecule has 0 spiro atoms. The third kappa shape index (κ3) is 3.05. The highest BCUT2D eigenvalue weighted by Crippen LogP contribution is 2.34. The standard InChI is InChI=1S/C19H22N4O3/c1-11-21-17-5-3-4-13-8-14(6-7-16(13)18(17)22-11)23-10-15(26-19(23)25)9-20-12(2)24/h6-8,15H,3-5,9-10H2,1-2H3,(H,20,24)(H,21,22)/t15-/m0/s1. The largest absolute Gasteiger partial charge is 0.442 e. The molecule has 0 bridgehead atoms. The van der Waals surface area contributed by atoms with E-state index in [1.807, 2.05) is 19.1 Å². The first kappa shape index (κ1) is 16.6. The summed E-state index contributed by atoms with van der Waals surface area (Å²) >= 11 is 0. The lowest BCUT2D eigenvalue weighted by Gasteiger charge is -2.16. The van der Waals surface area contributed by atoms with Crippen LogP contribution >= 0.6 is 0 Å². The number of ether oxygens (including phenoxy) is 1. The summed E-state index contributed by atoms with van der Waals surface area (Å²) in [4.78, 5) is 32.9. The van der Waals surface area contributed by atoms with Crippen LogP contribution in [0.4, 0.5) is 10.5 Å². The lowest BCUT2D eigenvalue weighted by atomic mass is 10.0. The summed E-state index contributed by atoms with van der Waals surface area (Å²) in [6, 6.07) is 6.06. The second-order valence-corrected chi connectivity index (χ2v) is 6.90. The number of benzene rings is 1. The molecular formula is C19H22N4O3. The molecule has 0 saturated carbocycles. The average molecular weight is 354 g/mol. The molecule has 1 atom stereocenters. The number of cyclic esters (lactones) is 1. The van der Waals surface area contributed by atoms with Crippen molar-refractivity contribution in [1.82, 2.24) is 15.3 Å². The third-order valence-corrected chi connectivity index (χ3v) is 4.88. The maximum Gasteiger partial charge on any atom is 0.414 e. The zero-order valence-corrected chi connectivity index (χ0v) is 15.0. The maximum absolute atomic E-state index is 12.2. The molecule has 1 fully saturated rings. The number of fused-ring (bicyclic) bond motifs is 3. The van der Waals surface area contributed by atoms with E-state index in [0.717, 1.165) is 42.0 Å². The van der Waals surface area contributed by atoms with Crippen LogP contribution in [0.1, 0.15) is 30.4 Å². The van der Waals surface area contributed by atoms with Crippen LogP contribution in [0.5, 0.6) is 0 Å². The molecule has 1 aromatic carbocycles. The Kier molecular flexibility index (Phi) is 4.14. The SMILES string of the molecule is CC(=O)NC[C@H]1CN(c2ccc3c(c2)CCCc2[nH]c(C)nc2-3)C(=O)O1. The summed E-state index contributed by atoms with van der Waals surface area (Å²) in [5.41, 5.74) is 5.37. The van der Waals surface area contributed by atoms with E-state index < -0.39 is 0 Å². The Morgan fingerprint density at radius 2 is 2.27 bits per heavy atom. The first-order valence-electron chi connectivity index (χ1n) is 8.92. The summed E-state index contributed by atoms with van der Waals surface area (Å²) in [5.74, 6) is 0.797. The van der Waals surface area contributed by atoms with E-state index in [1.165, 1.54) is 18.2 Å². The number of hydrogen-bond acceptors (Lipinski definition) is 4. The molecule has 2 N–H and O–H groups in total. The minimum Gasteiger partial charge on any atom is -0.442 e. The number of rotatable bonds is 3. The average Bonchev–Trinajstić information content (AvgIpc) is 3.11. The van der Waals surface area contributed by atoms with E-state index in [9.17, 15) is 9.59 Å². The summed E-state index contributed by atoms with van der Waals surface area (Å²) in [6.07, 6.45) is 2.27. The quantitative estimate of drug-likeness (QED) is 0.886. The fourth-order valence-corrected chi connectivity index (χ4v) is 3.68. The van der Waals surface area contributed by atoms with Gasteiger partial charge in [-0.1, -0.05) is 6.07 Å². The molecule has 7 nitrogen and oxygen atoms in total. The highest BCUT2D eigenvalue weighted by molar-refractivity contribution is 5.90. The molecule has 0 radical (unpaired) electrons. The van der Waals surface area contributed by atoms with Crippen LogP contribution in [0.2, 0.25) is 0 Å². The minimum absolute atomic E-state index is 0.130. The molecule has 1 aromatic heterocycles. The number of H-pyrrole nitrogens is 1. The van der Waals surface area contributed by atoms with Crippen molar-refractivity contribution in [3.63, 3.8) is 0 Å². The van der Waals surface area contributed by atoms with Crippen LogP contribution in [0.3, 0.4) is 0 Å². The summed E-state index contributed by atoms with van der Waals surface area (Å²) in [5, 5.41) is 2.70. The molecule has 0 unspecified atom stereocenters. The zero-order chi connectivity index (χ0) is 18.3. The number of hydrogen-bond donors (Lipinski definition) is 2. The molecule has 26 heavy (non-hydrogen) atoms. The topological polar surface area (TPSA) is 87.3 Å². The van der Waals surface area contributed by atoms with Gasteiger partial charge in [-0.25, -0.2) is 9.78 Å². The minimum atomic E-state index is -0.370. The van der Waals surface area contributed by atoms with Crippen molar-refractivity contribution >= 4 is 17.7 Å². The lowest BCUT2D eigenvalue weighted by molar-refractivity contribution is -0.119. The number of aromatic nitrogens is 2. The Balaban J connectivity index is 1.59. The Bertz CT molecular complexity index is 874. The van der Waals surface area contributed by atoms with Gasteiger partial charge in [0.2, 0.25) is 5.91 Å². The molecule has 2 aromatic rings. The maximum atomic E-state index is 12.2. The van der Waals surface area contributed by atoms with Crippen LogP contribution in [0.15, 0.2) is 18.2 Å². The van der Waals surface area contributed by atoms with Crippen LogP contribution in [-0.2, 0) is 22.4 Å². The molecule has 2 heterocycles. The van der Waals surface area contributed by atoms with Gasteiger partial charge in [-0.15, -0.1) is 0 Å². The van der Waals surface area contributed by atoms with E-state index in [2.05, 4.69) is 21.4 Å². The Morgan fingerprint density at radius 3 is 3.08 bits per heavy atom. The van der Waals surface area contributed by atoms with Crippen molar-refractivity contribution in [3.05, 3.63) is 35.3 Å². The Labute approximate surface area is 151 Å². The van der Waals surface area contributed by atoms with Gasteiger partial charge in [-0.2, -0.15) is 0 Å². The van der Waals surface area contributed by atoms with Crippen LogP contribution in [-0.4, -0.2) is 41.2 Å². The number of carbonyl (C=O) groups is 2. The van der Waals surface area contributed by atoms with Gasteiger partial charge < -0.3 is 15.0 Å². The Hall–Kier alpha value is -2.83. The number of amides is 2. The molecule has 2 aliphatic rings. The summed E-state index contributed by atoms with van der Waals surface area (Å²) in [7, 11) is 0. The molecule has 1 aliphatic heterocycles. The van der Waals surface area contributed by atoms with Crippen molar-refractivity contribution in [1.29, 1.82) is 0 Å². The predicted octanol–water partition coefficient (Wildman–Crippen LogP) is 2.34. The van der Waals surface area contributed by atoms with Crippen LogP contribution < -0.4 is 10.2 Å². The smallest absolute Gasteiger partial charge is 0.414 e. The Morgan fingerprint density at radius 1 is 1.42 bits per heavy atom. The van der Waals surface area contributed by atoms with E-state index in [4.69, 9.17) is 4.74 Å². The molecule has 1 aliphatic carbocycles. The monoisotopic (exact) mass is 354 g/mol. The van der Waals surface area contributed by atoms with E-state index in [1.54, 1.807) is 4.90 Å². The van der Waals surface area contributed by atoms with Crippen molar-refractivity contribution in [2.24, 2.45) is 0 Å². The molecular weight excluding hydrogens is 332 g/mol. The fraction of sp³-hybridized carbons (Fsp3) is 0.421. The van der Waals surface area contributed by atoms with Gasteiger partial charge in [0.1, 0.15) is 11.9 Å². The first-order valence-corrected chi connectivity index (χ1v) is 8.92. The fourth-order valence-electron chi connectivity index (χ4n) is 3.68. The summed E-state index contributed by atoms with van der Waals surface area (Å²) in [6.45, 7) is 4.19. The molecule has 2 amide bonds. The third-order valence-electron chi connectivity index (χ3n) is 4.88. The second-order valence-electron chi connectivity index (χ2n) is 6.90.